The summed E-state index contributed by atoms with van der Waals surface area (Å²) in [5.74, 6) is -2.53. The zero-order valence-electron chi connectivity index (χ0n) is 13.3. The second kappa shape index (κ2) is 7.56. The first-order valence-corrected chi connectivity index (χ1v) is 8.58. The van der Waals surface area contributed by atoms with Gasteiger partial charge in [0.25, 0.3) is 0 Å². The number of rotatable bonds is 8. The van der Waals surface area contributed by atoms with Gasteiger partial charge in [0.05, 0.1) is 18.3 Å². The maximum Gasteiger partial charge on any atom is 0.322 e. The molecular formula is C15H21NO6S. The van der Waals surface area contributed by atoms with Crippen LogP contribution in [0, 0.1) is 5.41 Å². The number of benzene rings is 1. The summed E-state index contributed by atoms with van der Waals surface area (Å²) in [5, 5.41) is 9.23. The zero-order chi connectivity index (χ0) is 17.7. The maximum absolute atomic E-state index is 12.2. The fraction of sp³-hybridized carbons (Fsp3) is 0.467. The molecule has 0 aliphatic rings. The average molecular weight is 343 g/mol. The summed E-state index contributed by atoms with van der Waals surface area (Å²) < 4.78 is 31.1. The minimum absolute atomic E-state index is 0.00799. The van der Waals surface area contributed by atoms with Crippen LogP contribution in [-0.2, 0) is 30.8 Å². The lowest BCUT2D eigenvalue weighted by Gasteiger charge is -2.23. The minimum Gasteiger partial charge on any atom is -0.480 e. The van der Waals surface area contributed by atoms with E-state index in [1.165, 1.54) is 21.0 Å². The molecule has 0 amide bonds. The predicted molar refractivity (Wildman–Crippen MR) is 84.3 cm³/mol. The molecule has 0 heterocycles. The molecule has 0 spiro atoms. The highest BCUT2D eigenvalue weighted by molar-refractivity contribution is 7.89. The van der Waals surface area contributed by atoms with Gasteiger partial charge in [0.1, 0.15) is 6.04 Å². The lowest BCUT2D eigenvalue weighted by molar-refractivity contribution is -0.149. The number of ether oxygens (including phenoxy) is 1. The first-order chi connectivity index (χ1) is 10.6. The van der Waals surface area contributed by atoms with Gasteiger partial charge in [-0.15, -0.1) is 0 Å². The van der Waals surface area contributed by atoms with Crippen LogP contribution in [0.15, 0.2) is 30.3 Å². The summed E-state index contributed by atoms with van der Waals surface area (Å²) in [5.41, 5.74) is -0.592. The number of hydrogen-bond donors (Lipinski definition) is 2. The summed E-state index contributed by atoms with van der Waals surface area (Å²) >= 11 is 0. The van der Waals surface area contributed by atoms with Crippen LogP contribution in [-0.4, -0.2) is 44.4 Å². The van der Waals surface area contributed by atoms with Gasteiger partial charge in [-0.2, -0.15) is 0 Å². The maximum atomic E-state index is 12.2. The van der Waals surface area contributed by atoms with Crippen LogP contribution >= 0.6 is 0 Å². The molecule has 0 aliphatic carbocycles. The molecular weight excluding hydrogens is 322 g/mol. The normalized spacial score (nSPS) is 13.3. The Bertz CT molecular complexity index is 654. The Labute approximate surface area is 135 Å². The molecule has 0 bridgehead atoms. The number of hydrogen-bond acceptors (Lipinski definition) is 5. The lowest BCUT2D eigenvalue weighted by atomic mass is 9.97. The summed E-state index contributed by atoms with van der Waals surface area (Å²) in [7, 11) is -2.82. The number of aliphatic carboxylic acids is 1. The highest BCUT2D eigenvalue weighted by atomic mass is 32.2. The number of carbonyl (C=O) groups excluding carboxylic acids is 1. The van der Waals surface area contributed by atoms with Crippen LogP contribution in [0.25, 0.3) is 0 Å². The first kappa shape index (κ1) is 19.1. The van der Waals surface area contributed by atoms with E-state index in [1.807, 2.05) is 0 Å². The molecule has 0 saturated carbocycles. The van der Waals surface area contributed by atoms with E-state index >= 15 is 0 Å². The van der Waals surface area contributed by atoms with Crippen molar-refractivity contribution in [1.82, 2.24) is 4.72 Å². The Balaban J connectivity index is 2.87. The Morgan fingerprint density at radius 2 is 1.83 bits per heavy atom. The highest BCUT2D eigenvalue weighted by Crippen LogP contribution is 2.19. The Kier molecular flexibility index (Phi) is 6.28. The van der Waals surface area contributed by atoms with Crippen molar-refractivity contribution in [2.24, 2.45) is 5.41 Å². The molecule has 0 aromatic heterocycles. The van der Waals surface area contributed by atoms with Gasteiger partial charge in [-0.1, -0.05) is 30.3 Å². The van der Waals surface area contributed by atoms with E-state index < -0.39 is 39.2 Å². The summed E-state index contributed by atoms with van der Waals surface area (Å²) in [6, 6.07) is 7.37. The standard InChI is InChI=1S/C15H21NO6S/c1-15(2,14(19)22-3)10-23(20,21)16-12(13(17)18)9-11-7-5-4-6-8-11/h4-8,12,16H,9-10H2,1-3H3,(H,17,18)/t12-/m0/s1. The number of carboxylic acid groups (broad SMARTS) is 1. The second-order valence-corrected chi connectivity index (χ2v) is 7.59. The van der Waals surface area contributed by atoms with E-state index in [4.69, 9.17) is 0 Å². The fourth-order valence-electron chi connectivity index (χ4n) is 2.10. The molecule has 1 atom stereocenters. The number of carboxylic acids is 1. The number of methoxy groups -OCH3 is 1. The van der Waals surface area contributed by atoms with Crippen molar-refractivity contribution in [3.05, 3.63) is 35.9 Å². The molecule has 0 aliphatic heterocycles. The van der Waals surface area contributed by atoms with Gasteiger partial charge in [-0.3, -0.25) is 9.59 Å². The van der Waals surface area contributed by atoms with E-state index in [1.54, 1.807) is 30.3 Å². The van der Waals surface area contributed by atoms with Gasteiger partial charge in [0.2, 0.25) is 10.0 Å². The minimum atomic E-state index is -3.99. The van der Waals surface area contributed by atoms with Gasteiger partial charge in [0.15, 0.2) is 0 Å². The van der Waals surface area contributed by atoms with Crippen LogP contribution in [0.3, 0.4) is 0 Å². The number of carbonyl (C=O) groups is 2. The summed E-state index contributed by atoms with van der Waals surface area (Å²) in [6.45, 7) is 2.84. The molecule has 0 radical (unpaired) electrons. The average Bonchev–Trinajstić information content (AvgIpc) is 2.45. The lowest BCUT2D eigenvalue weighted by Crippen LogP contribution is -2.46. The Morgan fingerprint density at radius 3 is 2.30 bits per heavy atom. The quantitative estimate of drug-likeness (QED) is 0.676. The molecule has 7 nitrogen and oxygen atoms in total. The molecule has 8 heteroatoms. The largest absolute Gasteiger partial charge is 0.480 e. The van der Waals surface area contributed by atoms with Crippen LogP contribution in [0.1, 0.15) is 19.4 Å². The molecule has 23 heavy (non-hydrogen) atoms. The molecule has 0 fully saturated rings. The molecule has 2 N–H and O–H groups in total. The van der Waals surface area contributed by atoms with Crippen molar-refractivity contribution < 1.29 is 27.9 Å². The van der Waals surface area contributed by atoms with Crippen molar-refractivity contribution in [2.45, 2.75) is 26.3 Å². The van der Waals surface area contributed by atoms with Crippen molar-refractivity contribution in [1.29, 1.82) is 0 Å². The van der Waals surface area contributed by atoms with Crippen LogP contribution < -0.4 is 4.72 Å². The predicted octanol–water partition coefficient (Wildman–Crippen LogP) is 0.801. The highest BCUT2D eigenvalue weighted by Gasteiger charge is 2.36. The molecule has 1 aromatic carbocycles. The van der Waals surface area contributed by atoms with Crippen molar-refractivity contribution in [3.8, 4) is 0 Å². The van der Waals surface area contributed by atoms with Gasteiger partial charge in [-0.25, -0.2) is 13.1 Å². The third-order valence-electron chi connectivity index (χ3n) is 3.19. The van der Waals surface area contributed by atoms with E-state index in [-0.39, 0.29) is 6.42 Å². The monoisotopic (exact) mass is 343 g/mol. The van der Waals surface area contributed by atoms with Gasteiger partial charge >= 0.3 is 11.9 Å². The zero-order valence-corrected chi connectivity index (χ0v) is 14.1. The third-order valence-corrected chi connectivity index (χ3v) is 4.94. The molecule has 1 aromatic rings. The summed E-state index contributed by atoms with van der Waals surface area (Å²) in [4.78, 5) is 22.9. The number of nitrogens with one attached hydrogen (secondary N) is 1. The van der Waals surface area contributed by atoms with Crippen LogP contribution in [0.2, 0.25) is 0 Å². The van der Waals surface area contributed by atoms with Crippen LogP contribution in [0.5, 0.6) is 0 Å². The van der Waals surface area contributed by atoms with Gasteiger partial charge in [0, 0.05) is 0 Å². The molecule has 0 saturated heterocycles. The second-order valence-electron chi connectivity index (χ2n) is 5.83. The first-order valence-electron chi connectivity index (χ1n) is 6.92. The van der Waals surface area contributed by atoms with Crippen molar-refractivity contribution >= 4 is 22.0 Å². The third kappa shape index (κ3) is 5.99. The SMILES string of the molecule is COC(=O)C(C)(C)CS(=O)(=O)N[C@@H](Cc1ccccc1)C(=O)O. The fourth-order valence-corrected chi connectivity index (χ4v) is 3.87. The molecule has 128 valence electrons. The number of sulfonamides is 1. The van der Waals surface area contributed by atoms with Crippen molar-refractivity contribution in [2.75, 3.05) is 12.9 Å². The summed E-state index contributed by atoms with van der Waals surface area (Å²) in [6.07, 6.45) is 0.00799. The van der Waals surface area contributed by atoms with E-state index in [9.17, 15) is 23.1 Å². The molecule has 0 unspecified atom stereocenters. The van der Waals surface area contributed by atoms with E-state index in [2.05, 4.69) is 9.46 Å². The van der Waals surface area contributed by atoms with Crippen molar-refractivity contribution in [3.63, 3.8) is 0 Å². The Hall–Kier alpha value is -1.93. The van der Waals surface area contributed by atoms with E-state index in [0.717, 1.165) is 0 Å². The van der Waals surface area contributed by atoms with Gasteiger partial charge in [-0.05, 0) is 25.8 Å². The van der Waals surface area contributed by atoms with Crippen LogP contribution in [0.4, 0.5) is 0 Å². The molecule has 1 rings (SSSR count). The van der Waals surface area contributed by atoms with Gasteiger partial charge < -0.3 is 9.84 Å². The smallest absolute Gasteiger partial charge is 0.322 e. The topological polar surface area (TPSA) is 110 Å². The van der Waals surface area contributed by atoms with E-state index in [0.29, 0.717) is 5.56 Å². The number of esters is 1. The Morgan fingerprint density at radius 1 is 1.26 bits per heavy atom.